The first kappa shape index (κ1) is 24.0. The summed E-state index contributed by atoms with van der Waals surface area (Å²) in [4.78, 5) is 6.30. The fourth-order valence-corrected chi connectivity index (χ4v) is 3.53. The molecule has 32 heavy (non-hydrogen) atoms. The lowest BCUT2D eigenvalue weighted by molar-refractivity contribution is -0.170. The maximum atomic E-state index is 14.1. The highest BCUT2D eigenvalue weighted by Gasteiger charge is 2.59. The van der Waals surface area contributed by atoms with Crippen LogP contribution >= 0.6 is 0 Å². The van der Waals surface area contributed by atoms with Crippen LogP contribution in [0.3, 0.4) is 0 Å². The van der Waals surface area contributed by atoms with E-state index in [9.17, 15) is 39.5 Å². The summed E-state index contributed by atoms with van der Waals surface area (Å²) in [6.07, 6.45) is -15.9. The van der Waals surface area contributed by atoms with Gasteiger partial charge in [-0.25, -0.2) is 4.98 Å². The summed E-state index contributed by atoms with van der Waals surface area (Å²) in [5, 5.41) is 0. The van der Waals surface area contributed by atoms with Crippen molar-refractivity contribution >= 4 is 6.21 Å². The number of aliphatic imine (C=N–C) groups is 1. The van der Waals surface area contributed by atoms with Crippen LogP contribution in [0.1, 0.15) is 40.5 Å². The van der Waals surface area contributed by atoms with Gasteiger partial charge in [-0.2, -0.15) is 39.5 Å². The molecule has 1 aliphatic heterocycles. The molecule has 2 N–H and O–H groups in total. The van der Waals surface area contributed by atoms with Crippen LogP contribution in [0, 0.1) is 0 Å². The molecule has 12 heteroatoms. The lowest BCUT2D eigenvalue weighted by Gasteiger charge is -2.31. The molecule has 3 rings (SSSR count). The molecule has 1 aromatic carbocycles. The van der Waals surface area contributed by atoms with Crippen molar-refractivity contribution in [1.82, 2.24) is 4.98 Å². The van der Waals surface area contributed by atoms with Crippen LogP contribution < -0.4 is 5.73 Å². The monoisotopic (exact) mass is 469 g/mol. The van der Waals surface area contributed by atoms with Gasteiger partial charge in [-0.05, 0) is 48.2 Å². The zero-order valence-corrected chi connectivity index (χ0v) is 16.1. The van der Waals surface area contributed by atoms with Crippen LogP contribution in [0.15, 0.2) is 41.4 Å². The van der Waals surface area contributed by atoms with E-state index >= 15 is 0 Å². The smallest absolute Gasteiger partial charge is 0.330 e. The van der Waals surface area contributed by atoms with E-state index in [-0.39, 0.29) is 12.1 Å². The van der Waals surface area contributed by atoms with Gasteiger partial charge in [-0.3, -0.25) is 4.99 Å². The van der Waals surface area contributed by atoms with Crippen molar-refractivity contribution in [2.24, 2.45) is 10.7 Å². The van der Waals surface area contributed by atoms with Gasteiger partial charge in [0.15, 0.2) is 0 Å². The molecule has 3 nitrogen and oxygen atoms in total. The molecule has 0 saturated heterocycles. The standard InChI is InChI=1S/C20H16F9N3/c21-18(22,23)15-7-13(8-16(32-15)19(24,25)26)17(20(27,28)29)9-14(31-10-17)12-3-1-11(2-4-12)5-6-30/h1-4,7-8,10,14H,5-6,9,30H2. The molecule has 0 fully saturated rings. The zero-order valence-electron chi connectivity index (χ0n) is 16.1. The Balaban J connectivity index is 2.09. The SMILES string of the molecule is NCCc1ccc(C2CC(c3cc(C(F)(F)F)nc(C(F)(F)F)c3)(C(F)(F)F)C=N2)cc1. The number of nitrogens with zero attached hydrogens (tertiary/aromatic N) is 2. The van der Waals surface area contributed by atoms with E-state index in [4.69, 9.17) is 5.73 Å². The van der Waals surface area contributed by atoms with Gasteiger partial charge < -0.3 is 5.73 Å². The summed E-state index contributed by atoms with van der Waals surface area (Å²) in [6.45, 7) is 0.350. The van der Waals surface area contributed by atoms with Gasteiger partial charge in [-0.15, -0.1) is 0 Å². The molecule has 0 radical (unpaired) electrons. The topological polar surface area (TPSA) is 51.3 Å². The van der Waals surface area contributed by atoms with E-state index in [0.717, 1.165) is 5.56 Å². The van der Waals surface area contributed by atoms with Gasteiger partial charge in [0.2, 0.25) is 0 Å². The number of halogens is 9. The fraction of sp³-hybridized carbons (Fsp3) is 0.400. The summed E-state index contributed by atoms with van der Waals surface area (Å²) in [6, 6.07) is 5.16. The zero-order chi connectivity index (χ0) is 23.9. The minimum Gasteiger partial charge on any atom is -0.330 e. The number of aromatic nitrogens is 1. The maximum absolute atomic E-state index is 14.1. The van der Waals surface area contributed by atoms with Gasteiger partial charge >= 0.3 is 18.5 Å². The third-order valence-corrected chi connectivity index (χ3v) is 5.21. The maximum Gasteiger partial charge on any atom is 0.433 e. The van der Waals surface area contributed by atoms with Crippen LogP contribution in [-0.2, 0) is 24.2 Å². The van der Waals surface area contributed by atoms with Gasteiger partial charge in [0.25, 0.3) is 0 Å². The van der Waals surface area contributed by atoms with E-state index in [1.807, 2.05) is 0 Å². The number of hydrogen-bond acceptors (Lipinski definition) is 3. The summed E-state index contributed by atoms with van der Waals surface area (Å²) >= 11 is 0. The van der Waals surface area contributed by atoms with Crippen LogP contribution in [0.25, 0.3) is 0 Å². The van der Waals surface area contributed by atoms with E-state index < -0.39 is 53.4 Å². The van der Waals surface area contributed by atoms with E-state index in [1.54, 1.807) is 12.1 Å². The molecule has 2 unspecified atom stereocenters. The first-order chi connectivity index (χ1) is 14.7. The Kier molecular flexibility index (Phi) is 6.05. The lowest BCUT2D eigenvalue weighted by atomic mass is 9.76. The summed E-state index contributed by atoms with van der Waals surface area (Å²) < 4.78 is 121. The molecule has 0 amide bonds. The van der Waals surface area contributed by atoms with Gasteiger partial charge in [0, 0.05) is 6.21 Å². The molecule has 174 valence electrons. The van der Waals surface area contributed by atoms with Crippen molar-refractivity contribution in [3.05, 3.63) is 64.5 Å². The molecule has 1 aliphatic rings. The Labute approximate surface area is 176 Å². The van der Waals surface area contributed by atoms with Crippen molar-refractivity contribution in [3.8, 4) is 0 Å². The van der Waals surface area contributed by atoms with Gasteiger partial charge in [-0.1, -0.05) is 24.3 Å². The number of alkyl halides is 9. The second kappa shape index (κ2) is 8.05. The highest BCUT2D eigenvalue weighted by molar-refractivity contribution is 5.78. The molecule has 2 aromatic rings. The van der Waals surface area contributed by atoms with E-state index in [0.29, 0.717) is 24.7 Å². The molecule has 1 aromatic heterocycles. The van der Waals surface area contributed by atoms with E-state index in [1.165, 1.54) is 12.1 Å². The average Bonchev–Trinajstić information content (AvgIpc) is 3.14. The van der Waals surface area contributed by atoms with E-state index in [2.05, 4.69) is 9.98 Å². The first-order valence-electron chi connectivity index (χ1n) is 9.24. The molecular formula is C20H16F9N3. The Morgan fingerprint density at radius 1 is 0.875 bits per heavy atom. The molecule has 2 heterocycles. The van der Waals surface area contributed by atoms with Crippen molar-refractivity contribution in [1.29, 1.82) is 0 Å². The highest BCUT2D eigenvalue weighted by atomic mass is 19.4. The van der Waals surface area contributed by atoms with Gasteiger partial charge in [0.1, 0.15) is 16.8 Å². The van der Waals surface area contributed by atoms with Crippen molar-refractivity contribution in [2.45, 2.75) is 42.8 Å². The third kappa shape index (κ3) is 4.59. The average molecular weight is 469 g/mol. The fourth-order valence-electron chi connectivity index (χ4n) is 3.53. The van der Waals surface area contributed by atoms with Crippen molar-refractivity contribution < 1.29 is 39.5 Å². The highest BCUT2D eigenvalue weighted by Crippen LogP contribution is 2.51. The number of rotatable bonds is 4. The van der Waals surface area contributed by atoms with Crippen LogP contribution in [0.2, 0.25) is 0 Å². The second-order valence-electron chi connectivity index (χ2n) is 7.37. The lowest BCUT2D eigenvalue weighted by Crippen LogP contribution is -2.43. The van der Waals surface area contributed by atoms with Crippen molar-refractivity contribution in [3.63, 3.8) is 0 Å². The first-order valence-corrected chi connectivity index (χ1v) is 9.24. The number of benzene rings is 1. The van der Waals surface area contributed by atoms with Crippen LogP contribution in [0.5, 0.6) is 0 Å². The predicted molar refractivity (Wildman–Crippen MR) is 97.0 cm³/mol. The second-order valence-corrected chi connectivity index (χ2v) is 7.37. The number of pyridine rings is 1. The molecular weight excluding hydrogens is 453 g/mol. The van der Waals surface area contributed by atoms with Crippen LogP contribution in [0.4, 0.5) is 39.5 Å². The number of hydrogen-bond donors (Lipinski definition) is 1. The predicted octanol–water partition coefficient (Wildman–Crippen LogP) is 5.64. The normalized spacial score (nSPS) is 21.9. The van der Waals surface area contributed by atoms with Gasteiger partial charge in [0.05, 0.1) is 6.04 Å². The number of nitrogens with two attached hydrogens (primary N) is 1. The molecule has 0 bridgehead atoms. The summed E-state index contributed by atoms with van der Waals surface area (Å²) in [5.41, 5.74) is -1.88. The third-order valence-electron chi connectivity index (χ3n) is 5.21. The summed E-state index contributed by atoms with van der Waals surface area (Å²) in [7, 11) is 0. The Bertz CT molecular complexity index is 959. The largest absolute Gasteiger partial charge is 0.433 e. The minimum absolute atomic E-state index is 0.00147. The summed E-state index contributed by atoms with van der Waals surface area (Å²) in [5.74, 6) is 0. The Morgan fingerprint density at radius 2 is 1.41 bits per heavy atom. The minimum atomic E-state index is -5.38. The molecule has 0 spiro atoms. The molecule has 0 saturated carbocycles. The Morgan fingerprint density at radius 3 is 1.84 bits per heavy atom. The molecule has 2 atom stereocenters. The van der Waals surface area contributed by atoms with Crippen LogP contribution in [-0.4, -0.2) is 23.9 Å². The quantitative estimate of drug-likeness (QED) is 0.590. The van der Waals surface area contributed by atoms with Crippen molar-refractivity contribution in [2.75, 3.05) is 6.54 Å². The molecule has 0 aliphatic carbocycles. The Hall–Kier alpha value is -2.63.